The summed E-state index contributed by atoms with van der Waals surface area (Å²) in [5.41, 5.74) is 2.02. The number of aliphatic carboxylic acids is 1. The standard InChI is InChI=1S/C23H21NO6S2/c1-29-19-9-7-15(13-20(19)30-2)21-10-12-23(31-21)32(27,28)24-14-16(8-11-22(25)26)17-5-3-4-6-18(17)24/h3-7,9-10,12-14H,8,11H2,1-2H3,(H,25,26). The summed E-state index contributed by atoms with van der Waals surface area (Å²) in [7, 11) is -0.765. The van der Waals surface area contributed by atoms with Gasteiger partial charge in [-0.25, -0.2) is 3.97 Å². The van der Waals surface area contributed by atoms with E-state index in [9.17, 15) is 13.2 Å². The van der Waals surface area contributed by atoms with Crippen LogP contribution in [0.5, 0.6) is 11.5 Å². The van der Waals surface area contributed by atoms with E-state index >= 15 is 0 Å². The van der Waals surface area contributed by atoms with Gasteiger partial charge in [-0.3, -0.25) is 4.79 Å². The molecule has 0 aliphatic carbocycles. The fourth-order valence-corrected chi connectivity index (χ4v) is 6.34. The van der Waals surface area contributed by atoms with Gasteiger partial charge in [0, 0.05) is 22.9 Å². The second-order valence-electron chi connectivity index (χ2n) is 7.05. The Kier molecular flexibility index (Phi) is 5.94. The van der Waals surface area contributed by atoms with Crippen molar-refractivity contribution in [1.29, 1.82) is 0 Å². The average molecular weight is 472 g/mol. The van der Waals surface area contributed by atoms with Gasteiger partial charge in [-0.15, -0.1) is 11.3 Å². The summed E-state index contributed by atoms with van der Waals surface area (Å²) in [5.74, 6) is 0.221. The molecule has 4 rings (SSSR count). The zero-order valence-electron chi connectivity index (χ0n) is 17.4. The molecule has 0 amide bonds. The molecule has 166 valence electrons. The van der Waals surface area contributed by atoms with E-state index in [-0.39, 0.29) is 17.1 Å². The number of nitrogens with zero attached hydrogens (tertiary/aromatic N) is 1. The largest absolute Gasteiger partial charge is 0.493 e. The van der Waals surface area contributed by atoms with Crippen LogP contribution in [0.2, 0.25) is 0 Å². The molecule has 1 N–H and O–H groups in total. The molecule has 0 atom stereocenters. The van der Waals surface area contributed by atoms with E-state index in [4.69, 9.17) is 14.6 Å². The molecule has 0 bridgehead atoms. The van der Waals surface area contributed by atoms with Crippen LogP contribution < -0.4 is 9.47 Å². The maximum atomic E-state index is 13.5. The first-order valence-corrected chi connectivity index (χ1v) is 12.0. The van der Waals surface area contributed by atoms with Crippen molar-refractivity contribution in [2.75, 3.05) is 14.2 Å². The van der Waals surface area contributed by atoms with Gasteiger partial charge in [-0.2, -0.15) is 8.42 Å². The lowest BCUT2D eigenvalue weighted by atomic mass is 10.1. The predicted molar refractivity (Wildman–Crippen MR) is 123 cm³/mol. The number of carboxylic acids is 1. The van der Waals surface area contributed by atoms with E-state index < -0.39 is 16.0 Å². The number of ether oxygens (including phenoxy) is 2. The van der Waals surface area contributed by atoms with Crippen molar-refractivity contribution >= 4 is 38.2 Å². The van der Waals surface area contributed by atoms with Gasteiger partial charge < -0.3 is 14.6 Å². The van der Waals surface area contributed by atoms with Crippen LogP contribution >= 0.6 is 11.3 Å². The molecule has 0 radical (unpaired) electrons. The summed E-state index contributed by atoms with van der Waals surface area (Å²) in [5, 5.41) is 9.76. The first kappa shape index (κ1) is 21.9. The lowest BCUT2D eigenvalue weighted by molar-refractivity contribution is -0.136. The quantitative estimate of drug-likeness (QED) is 0.402. The van der Waals surface area contributed by atoms with Crippen LogP contribution in [0.4, 0.5) is 0 Å². The fourth-order valence-electron chi connectivity index (χ4n) is 3.56. The van der Waals surface area contributed by atoms with Crippen molar-refractivity contribution in [3.8, 4) is 21.9 Å². The van der Waals surface area contributed by atoms with Crippen molar-refractivity contribution in [2.24, 2.45) is 0 Å². The lowest BCUT2D eigenvalue weighted by Gasteiger charge is -2.08. The Morgan fingerprint density at radius 1 is 1.03 bits per heavy atom. The van der Waals surface area contributed by atoms with Crippen LogP contribution in [0.1, 0.15) is 12.0 Å². The highest BCUT2D eigenvalue weighted by Gasteiger charge is 2.23. The number of hydrogen-bond acceptors (Lipinski definition) is 6. The number of carboxylic acid groups (broad SMARTS) is 1. The van der Waals surface area contributed by atoms with Crippen molar-refractivity contribution < 1.29 is 27.8 Å². The van der Waals surface area contributed by atoms with Crippen molar-refractivity contribution in [3.05, 3.63) is 66.4 Å². The van der Waals surface area contributed by atoms with E-state index in [1.807, 2.05) is 18.2 Å². The van der Waals surface area contributed by atoms with Gasteiger partial charge in [0.05, 0.1) is 19.7 Å². The molecule has 2 heterocycles. The Morgan fingerprint density at radius 3 is 2.50 bits per heavy atom. The van der Waals surface area contributed by atoms with E-state index in [0.717, 1.165) is 27.2 Å². The minimum absolute atomic E-state index is 0.0729. The Balaban J connectivity index is 1.75. The number of para-hydroxylation sites is 1. The van der Waals surface area contributed by atoms with Crippen molar-refractivity contribution in [3.63, 3.8) is 0 Å². The Hall–Kier alpha value is -3.30. The number of benzene rings is 2. The number of aromatic nitrogens is 1. The number of hydrogen-bond donors (Lipinski definition) is 1. The molecule has 0 saturated carbocycles. The third-order valence-corrected chi connectivity index (χ3v) is 8.41. The molecule has 0 fully saturated rings. The van der Waals surface area contributed by atoms with Gasteiger partial charge in [-0.1, -0.05) is 18.2 Å². The monoisotopic (exact) mass is 471 g/mol. The number of carbonyl (C=O) groups is 1. The molecule has 9 heteroatoms. The van der Waals surface area contributed by atoms with Crippen LogP contribution in [0.3, 0.4) is 0 Å². The van der Waals surface area contributed by atoms with Crippen LogP contribution in [0, 0.1) is 0 Å². The number of methoxy groups -OCH3 is 2. The summed E-state index contributed by atoms with van der Waals surface area (Å²) in [4.78, 5) is 11.8. The van der Waals surface area contributed by atoms with Crippen molar-refractivity contribution in [2.45, 2.75) is 17.1 Å². The third-order valence-electron chi connectivity index (χ3n) is 5.13. The topological polar surface area (TPSA) is 94.8 Å². The van der Waals surface area contributed by atoms with Gasteiger partial charge in [0.25, 0.3) is 10.0 Å². The molecule has 0 aliphatic heterocycles. The second kappa shape index (κ2) is 8.68. The minimum Gasteiger partial charge on any atom is -0.493 e. The van der Waals surface area contributed by atoms with Gasteiger partial charge in [0.15, 0.2) is 11.5 Å². The van der Waals surface area contributed by atoms with E-state index in [2.05, 4.69) is 0 Å². The maximum absolute atomic E-state index is 13.5. The molecule has 2 aromatic carbocycles. The van der Waals surface area contributed by atoms with Crippen LogP contribution in [-0.4, -0.2) is 37.7 Å². The fraction of sp³-hybridized carbons (Fsp3) is 0.174. The first-order chi connectivity index (χ1) is 15.3. The van der Waals surface area contributed by atoms with Crippen LogP contribution in [0.15, 0.2) is 65.0 Å². The third kappa shape index (κ3) is 3.96. The number of thiophene rings is 1. The highest BCUT2D eigenvalue weighted by atomic mass is 32.2. The molecule has 0 unspecified atom stereocenters. The second-order valence-corrected chi connectivity index (χ2v) is 10.2. The summed E-state index contributed by atoms with van der Waals surface area (Å²) >= 11 is 1.16. The Bertz CT molecular complexity index is 1400. The lowest BCUT2D eigenvalue weighted by Crippen LogP contribution is -2.10. The van der Waals surface area contributed by atoms with E-state index in [1.54, 1.807) is 50.6 Å². The first-order valence-electron chi connectivity index (χ1n) is 9.73. The van der Waals surface area contributed by atoms with Crippen LogP contribution in [0.25, 0.3) is 21.3 Å². The number of fused-ring (bicyclic) bond motifs is 1. The maximum Gasteiger partial charge on any atom is 0.303 e. The predicted octanol–water partition coefficient (Wildman–Crippen LogP) is 4.64. The van der Waals surface area contributed by atoms with Gasteiger partial charge in [0.1, 0.15) is 4.21 Å². The summed E-state index contributed by atoms with van der Waals surface area (Å²) < 4.78 is 39.0. The Morgan fingerprint density at radius 2 is 1.78 bits per heavy atom. The molecule has 4 aromatic rings. The molecule has 0 spiro atoms. The molecular weight excluding hydrogens is 450 g/mol. The van der Waals surface area contributed by atoms with Crippen LogP contribution in [-0.2, 0) is 21.2 Å². The average Bonchev–Trinajstić information content (AvgIpc) is 3.43. The molecule has 32 heavy (non-hydrogen) atoms. The van der Waals surface area contributed by atoms with E-state index in [0.29, 0.717) is 22.6 Å². The molecular formula is C23H21NO6S2. The molecule has 0 saturated heterocycles. The summed E-state index contributed by atoms with van der Waals surface area (Å²) in [6.45, 7) is 0. The van der Waals surface area contributed by atoms with Gasteiger partial charge in [0.2, 0.25) is 0 Å². The molecule has 7 nitrogen and oxygen atoms in total. The smallest absolute Gasteiger partial charge is 0.303 e. The number of aryl methyl sites for hydroxylation is 1. The highest BCUT2D eigenvalue weighted by Crippen LogP contribution is 2.37. The van der Waals surface area contributed by atoms with Crippen molar-refractivity contribution in [1.82, 2.24) is 3.97 Å². The zero-order valence-corrected chi connectivity index (χ0v) is 19.1. The number of rotatable bonds is 8. The minimum atomic E-state index is -3.87. The zero-order chi connectivity index (χ0) is 22.9. The normalized spacial score (nSPS) is 11.6. The van der Waals surface area contributed by atoms with Gasteiger partial charge >= 0.3 is 5.97 Å². The summed E-state index contributed by atoms with van der Waals surface area (Å²) in [6.07, 6.45) is 1.70. The SMILES string of the molecule is COc1ccc(-c2ccc(S(=O)(=O)n3cc(CCC(=O)O)c4ccccc43)s2)cc1OC. The molecule has 2 aromatic heterocycles. The van der Waals surface area contributed by atoms with Gasteiger partial charge in [-0.05, 0) is 53.9 Å². The summed E-state index contributed by atoms with van der Waals surface area (Å²) in [6, 6.07) is 15.9. The highest BCUT2D eigenvalue weighted by molar-refractivity contribution is 7.92. The molecule has 0 aliphatic rings. The Labute approximate surface area is 189 Å². The van der Waals surface area contributed by atoms with E-state index in [1.165, 1.54) is 10.2 Å².